The number of aliphatic hydroxyl groups excluding tert-OH is 1. The van der Waals surface area contributed by atoms with Crippen molar-refractivity contribution in [2.45, 2.75) is 6.10 Å². The average molecular weight is 255 g/mol. The van der Waals surface area contributed by atoms with E-state index < -0.39 is 6.10 Å². The quantitative estimate of drug-likeness (QED) is 0.879. The van der Waals surface area contributed by atoms with Gasteiger partial charge in [0.05, 0.1) is 23.8 Å². The third kappa shape index (κ3) is 1.88. The number of nitrogens with zero attached hydrogens (tertiary/aromatic N) is 1. The number of hydrogen-bond donors (Lipinski definition) is 2. The van der Waals surface area contributed by atoms with E-state index in [2.05, 4.69) is 0 Å². The third-order valence-electron chi connectivity index (χ3n) is 2.87. The first-order valence-electron chi connectivity index (χ1n) is 5.29. The minimum Gasteiger partial charge on any atom is -0.496 e. The van der Waals surface area contributed by atoms with E-state index in [0.717, 1.165) is 16.5 Å². The summed E-state index contributed by atoms with van der Waals surface area (Å²) >= 11 is 6.16. The molecular weight excluding hydrogens is 240 g/mol. The zero-order valence-corrected chi connectivity index (χ0v) is 10.5. The van der Waals surface area contributed by atoms with Crippen molar-refractivity contribution in [1.82, 2.24) is 4.57 Å². The number of aryl methyl sites for hydroxylation is 1. The number of ether oxygens (including phenoxy) is 1. The van der Waals surface area contributed by atoms with Gasteiger partial charge in [-0.25, -0.2) is 0 Å². The van der Waals surface area contributed by atoms with E-state index in [9.17, 15) is 5.11 Å². The van der Waals surface area contributed by atoms with Gasteiger partial charge < -0.3 is 20.1 Å². The summed E-state index contributed by atoms with van der Waals surface area (Å²) in [5.74, 6) is 0.688. The standard InChI is InChI=1S/C12H15ClN2O2/c1-15-6-7(9(16)5-14)11-10(17-2)4-3-8(13)12(11)15/h3-4,6,9,16H,5,14H2,1-2H3. The zero-order chi connectivity index (χ0) is 12.6. The molecule has 1 aromatic carbocycles. The summed E-state index contributed by atoms with van der Waals surface area (Å²) in [6, 6.07) is 3.57. The van der Waals surface area contributed by atoms with Gasteiger partial charge in [0.25, 0.3) is 0 Å². The minimum atomic E-state index is -0.717. The maximum absolute atomic E-state index is 9.91. The Bertz CT molecular complexity index is 551. The molecule has 1 unspecified atom stereocenters. The monoisotopic (exact) mass is 254 g/mol. The Morgan fingerprint density at radius 1 is 1.53 bits per heavy atom. The fourth-order valence-corrected chi connectivity index (χ4v) is 2.35. The normalized spacial score (nSPS) is 13.0. The van der Waals surface area contributed by atoms with Crippen molar-refractivity contribution in [3.8, 4) is 5.75 Å². The highest BCUT2D eigenvalue weighted by molar-refractivity contribution is 6.35. The summed E-state index contributed by atoms with van der Waals surface area (Å²) in [6.45, 7) is 0.161. The van der Waals surface area contributed by atoms with Crippen LogP contribution in [0, 0.1) is 0 Å². The first-order valence-corrected chi connectivity index (χ1v) is 5.67. The lowest BCUT2D eigenvalue weighted by molar-refractivity contribution is 0.188. The van der Waals surface area contributed by atoms with Gasteiger partial charge in [-0.2, -0.15) is 0 Å². The van der Waals surface area contributed by atoms with E-state index >= 15 is 0 Å². The van der Waals surface area contributed by atoms with Crippen molar-refractivity contribution in [2.24, 2.45) is 12.8 Å². The predicted octanol–water partition coefficient (Wildman–Crippen LogP) is 1.83. The molecule has 5 heteroatoms. The second kappa shape index (κ2) is 4.56. The zero-order valence-electron chi connectivity index (χ0n) is 9.77. The Hall–Kier alpha value is -1.23. The third-order valence-corrected chi connectivity index (χ3v) is 3.17. The summed E-state index contributed by atoms with van der Waals surface area (Å²) in [5, 5.41) is 11.4. The first-order chi connectivity index (χ1) is 8.10. The Morgan fingerprint density at radius 2 is 2.24 bits per heavy atom. The van der Waals surface area contributed by atoms with Crippen molar-refractivity contribution >= 4 is 22.5 Å². The van der Waals surface area contributed by atoms with Gasteiger partial charge >= 0.3 is 0 Å². The summed E-state index contributed by atoms with van der Waals surface area (Å²) < 4.78 is 7.18. The molecule has 17 heavy (non-hydrogen) atoms. The van der Waals surface area contributed by atoms with Crippen LogP contribution in [-0.4, -0.2) is 23.3 Å². The highest BCUT2D eigenvalue weighted by Crippen LogP contribution is 2.37. The largest absolute Gasteiger partial charge is 0.496 e. The number of fused-ring (bicyclic) bond motifs is 1. The molecule has 1 atom stereocenters. The fraction of sp³-hybridized carbons (Fsp3) is 0.333. The van der Waals surface area contributed by atoms with Crippen LogP contribution in [0.25, 0.3) is 10.9 Å². The lowest BCUT2D eigenvalue weighted by Crippen LogP contribution is -2.11. The van der Waals surface area contributed by atoms with Gasteiger partial charge in [0.2, 0.25) is 0 Å². The molecule has 0 aliphatic carbocycles. The second-order valence-corrected chi connectivity index (χ2v) is 4.33. The molecule has 0 spiro atoms. The number of benzene rings is 1. The Kier molecular flexibility index (Phi) is 3.28. The van der Waals surface area contributed by atoms with Crippen LogP contribution in [0.3, 0.4) is 0 Å². The molecule has 2 aromatic rings. The van der Waals surface area contributed by atoms with Gasteiger partial charge in [-0.3, -0.25) is 0 Å². The number of hydrogen-bond acceptors (Lipinski definition) is 3. The van der Waals surface area contributed by atoms with Crippen LogP contribution in [0.15, 0.2) is 18.3 Å². The van der Waals surface area contributed by atoms with Crippen molar-refractivity contribution in [2.75, 3.05) is 13.7 Å². The van der Waals surface area contributed by atoms with Crippen LogP contribution < -0.4 is 10.5 Å². The number of aliphatic hydroxyl groups is 1. The predicted molar refractivity (Wildman–Crippen MR) is 68.5 cm³/mol. The van der Waals surface area contributed by atoms with Crippen molar-refractivity contribution in [3.63, 3.8) is 0 Å². The highest BCUT2D eigenvalue weighted by atomic mass is 35.5. The first kappa shape index (κ1) is 12.2. The molecule has 4 nitrogen and oxygen atoms in total. The molecular formula is C12H15ClN2O2. The number of methoxy groups -OCH3 is 1. The fourth-order valence-electron chi connectivity index (χ4n) is 2.06. The molecule has 2 rings (SSSR count). The van der Waals surface area contributed by atoms with Gasteiger partial charge in [-0.15, -0.1) is 0 Å². The number of aromatic nitrogens is 1. The Labute approximate surface area is 105 Å². The molecule has 0 radical (unpaired) electrons. The maximum Gasteiger partial charge on any atom is 0.128 e. The van der Waals surface area contributed by atoms with Crippen LogP contribution in [0.1, 0.15) is 11.7 Å². The van der Waals surface area contributed by atoms with Gasteiger partial charge in [-0.05, 0) is 12.1 Å². The lowest BCUT2D eigenvalue weighted by atomic mass is 10.1. The van der Waals surface area contributed by atoms with Crippen molar-refractivity contribution < 1.29 is 9.84 Å². The average Bonchev–Trinajstić information content (AvgIpc) is 2.68. The molecule has 0 saturated heterocycles. The number of halogens is 1. The van der Waals surface area contributed by atoms with E-state index in [1.54, 1.807) is 19.2 Å². The van der Waals surface area contributed by atoms with Crippen LogP contribution >= 0.6 is 11.6 Å². The van der Waals surface area contributed by atoms with Crippen molar-refractivity contribution in [1.29, 1.82) is 0 Å². The Morgan fingerprint density at radius 3 is 2.82 bits per heavy atom. The van der Waals surface area contributed by atoms with E-state index in [1.165, 1.54) is 0 Å². The molecule has 0 fully saturated rings. The number of rotatable bonds is 3. The number of nitrogens with two attached hydrogens (primary N) is 1. The maximum atomic E-state index is 9.91. The van der Waals surface area contributed by atoms with Gasteiger partial charge in [0.1, 0.15) is 5.75 Å². The van der Waals surface area contributed by atoms with Gasteiger partial charge in [0.15, 0.2) is 0 Å². The smallest absolute Gasteiger partial charge is 0.128 e. The molecule has 0 bridgehead atoms. The van der Waals surface area contributed by atoms with E-state index in [1.807, 2.05) is 17.8 Å². The van der Waals surface area contributed by atoms with E-state index in [4.69, 9.17) is 22.1 Å². The second-order valence-electron chi connectivity index (χ2n) is 3.92. The van der Waals surface area contributed by atoms with Crippen molar-refractivity contribution in [3.05, 3.63) is 28.9 Å². The van der Waals surface area contributed by atoms with E-state index in [0.29, 0.717) is 10.8 Å². The molecule has 0 saturated carbocycles. The summed E-state index contributed by atoms with van der Waals surface area (Å²) in [4.78, 5) is 0. The summed E-state index contributed by atoms with van der Waals surface area (Å²) in [6.07, 6.45) is 1.11. The SMILES string of the molecule is COc1ccc(Cl)c2c1c(C(O)CN)cn2C. The summed E-state index contributed by atoms with van der Waals surface area (Å²) in [7, 11) is 3.47. The molecule has 0 aliphatic rings. The topological polar surface area (TPSA) is 60.4 Å². The Balaban J connectivity index is 2.82. The van der Waals surface area contributed by atoms with Crippen LogP contribution in [0.4, 0.5) is 0 Å². The molecule has 1 aromatic heterocycles. The molecule has 0 amide bonds. The lowest BCUT2D eigenvalue weighted by Gasteiger charge is -2.09. The molecule has 92 valence electrons. The van der Waals surface area contributed by atoms with E-state index in [-0.39, 0.29) is 6.54 Å². The van der Waals surface area contributed by atoms with Crippen LogP contribution in [-0.2, 0) is 7.05 Å². The van der Waals surface area contributed by atoms with Gasteiger partial charge in [-0.1, -0.05) is 11.6 Å². The highest BCUT2D eigenvalue weighted by Gasteiger charge is 2.18. The van der Waals surface area contributed by atoms with Gasteiger partial charge in [0, 0.05) is 30.7 Å². The summed E-state index contributed by atoms with van der Waals surface area (Å²) in [5.41, 5.74) is 7.08. The minimum absolute atomic E-state index is 0.161. The molecule has 1 heterocycles. The van der Waals surface area contributed by atoms with Crippen LogP contribution in [0.5, 0.6) is 5.75 Å². The molecule has 0 aliphatic heterocycles. The van der Waals surface area contributed by atoms with Crippen LogP contribution in [0.2, 0.25) is 5.02 Å². The molecule has 3 N–H and O–H groups in total.